The summed E-state index contributed by atoms with van der Waals surface area (Å²) in [6, 6.07) is 7.14. The number of carbonyl (C=O) groups excluding carboxylic acids is 1. The van der Waals surface area contributed by atoms with Gasteiger partial charge in [0.25, 0.3) is 0 Å². The van der Waals surface area contributed by atoms with Crippen LogP contribution in [0.25, 0.3) is 21.9 Å². The molecule has 0 saturated carbocycles. The average molecular weight is 435 g/mol. The quantitative estimate of drug-likeness (QED) is 0.426. The van der Waals surface area contributed by atoms with E-state index in [-0.39, 0.29) is 18.7 Å². The Kier molecular flexibility index (Phi) is 5.65. The zero-order valence-electron chi connectivity index (χ0n) is 18.8. The highest BCUT2D eigenvalue weighted by Crippen LogP contribution is 2.33. The average Bonchev–Trinajstić information content (AvgIpc) is 3.15. The second-order valence-electron chi connectivity index (χ2n) is 7.78. The summed E-state index contributed by atoms with van der Waals surface area (Å²) >= 11 is 0. The Hall–Kier alpha value is -3.74. The summed E-state index contributed by atoms with van der Waals surface area (Å²) in [5, 5.41) is 4.67. The molecule has 0 fully saturated rings. The van der Waals surface area contributed by atoms with Crippen molar-refractivity contribution in [3.05, 3.63) is 63.2 Å². The highest BCUT2D eigenvalue weighted by molar-refractivity contribution is 6.00. The molecule has 4 rings (SSSR count). The molecule has 2 heterocycles. The van der Waals surface area contributed by atoms with Crippen LogP contribution in [-0.2, 0) is 11.2 Å². The number of benzene rings is 2. The Morgan fingerprint density at radius 1 is 1.00 bits per heavy atom. The number of fused-ring (bicyclic) bond motifs is 2. The molecule has 0 spiro atoms. The molecule has 0 aliphatic heterocycles. The van der Waals surface area contributed by atoms with Crippen molar-refractivity contribution in [2.45, 2.75) is 33.6 Å². The molecular formula is C25H25NO6. The van der Waals surface area contributed by atoms with Gasteiger partial charge in [-0.1, -0.05) is 0 Å². The van der Waals surface area contributed by atoms with Crippen molar-refractivity contribution >= 4 is 33.5 Å². The van der Waals surface area contributed by atoms with Gasteiger partial charge in [0.1, 0.15) is 22.7 Å². The van der Waals surface area contributed by atoms with E-state index in [1.54, 1.807) is 31.6 Å². The van der Waals surface area contributed by atoms with Gasteiger partial charge in [-0.05, 0) is 56.5 Å². The van der Waals surface area contributed by atoms with Crippen molar-refractivity contribution in [3.63, 3.8) is 0 Å². The fourth-order valence-corrected chi connectivity index (χ4v) is 3.97. The third-order valence-corrected chi connectivity index (χ3v) is 5.82. The first-order chi connectivity index (χ1) is 15.3. The summed E-state index contributed by atoms with van der Waals surface area (Å²) in [6.07, 6.45) is 2.06. The second-order valence-corrected chi connectivity index (χ2v) is 7.78. The number of aryl methyl sites for hydroxylation is 3. The maximum Gasteiger partial charge on any atom is 0.339 e. The van der Waals surface area contributed by atoms with Crippen molar-refractivity contribution < 1.29 is 23.1 Å². The molecule has 0 unspecified atom stereocenters. The Morgan fingerprint density at radius 3 is 2.50 bits per heavy atom. The normalized spacial score (nSPS) is 11.2. The van der Waals surface area contributed by atoms with Crippen LogP contribution in [0.4, 0.5) is 5.69 Å². The smallest absolute Gasteiger partial charge is 0.339 e. The third kappa shape index (κ3) is 3.70. The van der Waals surface area contributed by atoms with Gasteiger partial charge >= 0.3 is 5.63 Å². The van der Waals surface area contributed by atoms with Crippen LogP contribution in [0.15, 0.2) is 44.2 Å². The molecular weight excluding hydrogens is 410 g/mol. The number of hydrogen-bond acceptors (Lipinski definition) is 6. The first-order valence-corrected chi connectivity index (χ1v) is 10.3. The summed E-state index contributed by atoms with van der Waals surface area (Å²) in [5.74, 6) is 0.881. The van der Waals surface area contributed by atoms with E-state index in [1.807, 2.05) is 26.8 Å². The number of amides is 1. The summed E-state index contributed by atoms with van der Waals surface area (Å²) in [4.78, 5) is 25.4. The van der Waals surface area contributed by atoms with E-state index in [1.165, 1.54) is 7.11 Å². The minimum Gasteiger partial charge on any atom is -0.497 e. The zero-order valence-corrected chi connectivity index (χ0v) is 18.8. The molecule has 0 bridgehead atoms. The minimum absolute atomic E-state index is 0.115. The molecule has 166 valence electrons. The molecule has 0 aliphatic rings. The lowest BCUT2D eigenvalue weighted by molar-refractivity contribution is -0.116. The molecule has 0 saturated heterocycles. The lowest BCUT2D eigenvalue weighted by Gasteiger charge is -2.12. The molecule has 32 heavy (non-hydrogen) atoms. The number of nitrogens with one attached hydrogen (secondary N) is 1. The maximum atomic E-state index is 12.7. The fourth-order valence-electron chi connectivity index (χ4n) is 3.97. The Bertz CT molecular complexity index is 1400. The highest BCUT2D eigenvalue weighted by Gasteiger charge is 2.18. The minimum atomic E-state index is -0.438. The van der Waals surface area contributed by atoms with E-state index in [2.05, 4.69) is 5.32 Å². The van der Waals surface area contributed by atoms with Crippen LogP contribution >= 0.6 is 0 Å². The molecule has 7 nitrogen and oxygen atoms in total. The second kappa shape index (κ2) is 8.42. The van der Waals surface area contributed by atoms with Crippen LogP contribution in [0.2, 0.25) is 0 Å². The van der Waals surface area contributed by atoms with E-state index in [0.717, 1.165) is 33.0 Å². The van der Waals surface area contributed by atoms with E-state index >= 15 is 0 Å². The Balaban J connectivity index is 1.62. The number of carbonyl (C=O) groups is 1. The molecule has 1 amide bonds. The SMILES string of the molecule is COc1ccc(OC)c(NC(=O)CCc2c(C)c3cc4c(C)coc4c(C)c3oc2=O)c1. The predicted octanol–water partition coefficient (Wildman–Crippen LogP) is 5.05. The number of rotatable bonds is 6. The molecule has 4 aromatic rings. The van der Waals surface area contributed by atoms with Gasteiger partial charge in [-0.25, -0.2) is 4.79 Å². The van der Waals surface area contributed by atoms with Crippen LogP contribution in [0, 0.1) is 20.8 Å². The van der Waals surface area contributed by atoms with Gasteiger partial charge in [-0.2, -0.15) is 0 Å². The number of anilines is 1. The van der Waals surface area contributed by atoms with Gasteiger partial charge in [-0.15, -0.1) is 0 Å². The van der Waals surface area contributed by atoms with E-state index < -0.39 is 5.63 Å². The molecule has 2 aromatic carbocycles. The fraction of sp³-hybridized carbons (Fsp3) is 0.280. The first kappa shape index (κ1) is 21.5. The number of ether oxygens (including phenoxy) is 2. The highest BCUT2D eigenvalue weighted by atomic mass is 16.5. The molecule has 0 aliphatic carbocycles. The van der Waals surface area contributed by atoms with Gasteiger partial charge in [0.05, 0.1) is 26.2 Å². The van der Waals surface area contributed by atoms with Crippen LogP contribution in [-0.4, -0.2) is 20.1 Å². The first-order valence-electron chi connectivity index (χ1n) is 10.3. The molecule has 0 radical (unpaired) electrons. The van der Waals surface area contributed by atoms with Gasteiger partial charge in [0.2, 0.25) is 5.91 Å². The number of methoxy groups -OCH3 is 2. The van der Waals surface area contributed by atoms with Crippen molar-refractivity contribution in [2.75, 3.05) is 19.5 Å². The van der Waals surface area contributed by atoms with Gasteiger partial charge in [0.15, 0.2) is 0 Å². The molecule has 1 N–H and O–H groups in total. The summed E-state index contributed by atoms with van der Waals surface area (Å²) in [6.45, 7) is 5.74. The van der Waals surface area contributed by atoms with Crippen LogP contribution < -0.4 is 20.4 Å². The van der Waals surface area contributed by atoms with Gasteiger partial charge in [0, 0.05) is 34.4 Å². The lowest BCUT2D eigenvalue weighted by Crippen LogP contribution is -2.17. The largest absolute Gasteiger partial charge is 0.497 e. The Labute approximate surface area is 184 Å². The van der Waals surface area contributed by atoms with Crippen molar-refractivity contribution in [1.29, 1.82) is 0 Å². The topological polar surface area (TPSA) is 90.9 Å². The lowest BCUT2D eigenvalue weighted by atomic mass is 9.98. The van der Waals surface area contributed by atoms with Crippen LogP contribution in [0.3, 0.4) is 0 Å². The van der Waals surface area contributed by atoms with E-state index in [4.69, 9.17) is 18.3 Å². The van der Waals surface area contributed by atoms with Crippen molar-refractivity contribution in [1.82, 2.24) is 0 Å². The van der Waals surface area contributed by atoms with E-state index in [0.29, 0.717) is 28.3 Å². The molecule has 0 atom stereocenters. The molecule has 7 heteroatoms. The number of hydrogen-bond donors (Lipinski definition) is 1. The monoisotopic (exact) mass is 435 g/mol. The van der Waals surface area contributed by atoms with Crippen molar-refractivity contribution in [3.8, 4) is 11.5 Å². The summed E-state index contributed by atoms with van der Waals surface area (Å²) in [7, 11) is 3.08. The predicted molar refractivity (Wildman–Crippen MR) is 123 cm³/mol. The third-order valence-electron chi connectivity index (χ3n) is 5.82. The summed E-state index contributed by atoms with van der Waals surface area (Å²) < 4.78 is 21.8. The number of furan rings is 1. The maximum absolute atomic E-state index is 12.7. The Morgan fingerprint density at radius 2 is 1.78 bits per heavy atom. The van der Waals surface area contributed by atoms with Crippen molar-refractivity contribution in [2.24, 2.45) is 0 Å². The zero-order chi connectivity index (χ0) is 23.0. The standard InChI is InChI=1S/C25H25NO6/c1-13-12-31-23-15(3)24-19(11-18(13)23)14(2)17(25(28)32-24)7-9-22(27)26-20-10-16(29-4)6-8-21(20)30-5/h6,8,10-12H,7,9H2,1-5H3,(H,26,27). The summed E-state index contributed by atoms with van der Waals surface area (Å²) in [5.41, 5.74) is 4.42. The van der Waals surface area contributed by atoms with Gasteiger partial charge in [-0.3, -0.25) is 4.79 Å². The van der Waals surface area contributed by atoms with Crippen LogP contribution in [0.5, 0.6) is 11.5 Å². The van der Waals surface area contributed by atoms with Gasteiger partial charge < -0.3 is 23.6 Å². The molecule has 2 aromatic heterocycles. The van der Waals surface area contributed by atoms with Crippen LogP contribution in [0.1, 0.15) is 28.7 Å². The van der Waals surface area contributed by atoms with E-state index in [9.17, 15) is 9.59 Å².